The maximum atomic E-state index is 12.4. The highest BCUT2D eigenvalue weighted by Gasteiger charge is 2.24. The molecule has 3 aromatic rings. The molecule has 29 heavy (non-hydrogen) atoms. The fourth-order valence-corrected chi connectivity index (χ4v) is 3.39. The molecule has 0 radical (unpaired) electrons. The lowest BCUT2D eigenvalue weighted by molar-refractivity contribution is -0.133. The van der Waals surface area contributed by atoms with Gasteiger partial charge in [-0.15, -0.1) is 0 Å². The summed E-state index contributed by atoms with van der Waals surface area (Å²) in [5.41, 5.74) is 0.654. The van der Waals surface area contributed by atoms with Gasteiger partial charge in [0.15, 0.2) is 0 Å². The summed E-state index contributed by atoms with van der Waals surface area (Å²) in [7, 11) is 0. The molecule has 1 aromatic carbocycles. The van der Waals surface area contributed by atoms with Crippen molar-refractivity contribution in [2.24, 2.45) is 0 Å². The Morgan fingerprint density at radius 2 is 1.90 bits per heavy atom. The van der Waals surface area contributed by atoms with Crippen molar-refractivity contribution >= 4 is 16.9 Å². The van der Waals surface area contributed by atoms with Gasteiger partial charge in [0, 0.05) is 51.2 Å². The van der Waals surface area contributed by atoms with Gasteiger partial charge in [0.2, 0.25) is 11.8 Å². The van der Waals surface area contributed by atoms with E-state index in [1.807, 2.05) is 24.3 Å². The second-order valence-corrected chi connectivity index (χ2v) is 6.95. The molecular weight excluding hydrogens is 374 g/mol. The van der Waals surface area contributed by atoms with Crippen LogP contribution in [-0.2, 0) is 11.3 Å². The number of aromatic amines is 1. The highest BCUT2D eigenvalue weighted by molar-refractivity contribution is 5.76. The molecule has 0 saturated carbocycles. The Morgan fingerprint density at radius 1 is 1.14 bits per heavy atom. The first-order valence-electron chi connectivity index (χ1n) is 9.54. The number of carbonyl (C=O) groups is 1. The van der Waals surface area contributed by atoms with Crippen LogP contribution in [0.15, 0.2) is 52.3 Å². The zero-order valence-electron chi connectivity index (χ0n) is 15.8. The summed E-state index contributed by atoms with van der Waals surface area (Å²) in [6.45, 7) is 1.41. The van der Waals surface area contributed by atoms with Gasteiger partial charge in [0.1, 0.15) is 6.10 Å². The monoisotopic (exact) mass is 395 g/mol. The molecule has 9 heteroatoms. The van der Waals surface area contributed by atoms with E-state index < -0.39 is 11.2 Å². The predicted octanol–water partition coefficient (Wildman–Crippen LogP) is 0.940. The Bertz CT molecular complexity index is 1130. The first-order chi connectivity index (χ1) is 14.1. The van der Waals surface area contributed by atoms with E-state index in [-0.39, 0.29) is 25.0 Å². The standard InChI is InChI=1S/C20H21N5O4/c26-17-7-11-25(20(28)23-17)12-8-19(27)24-9-5-14(6-10-24)29-18-13-21-15-3-1-2-4-16(15)22-18/h1-4,7,11,13-14H,5-6,8-10,12H2,(H,23,26,28). The lowest BCUT2D eigenvalue weighted by Crippen LogP contribution is -2.42. The van der Waals surface area contributed by atoms with Crippen molar-refractivity contribution in [1.82, 2.24) is 24.4 Å². The number of H-pyrrole nitrogens is 1. The zero-order valence-corrected chi connectivity index (χ0v) is 15.8. The van der Waals surface area contributed by atoms with E-state index in [1.165, 1.54) is 16.8 Å². The molecule has 1 fully saturated rings. The summed E-state index contributed by atoms with van der Waals surface area (Å²) >= 11 is 0. The number of likely N-dealkylation sites (tertiary alicyclic amines) is 1. The number of nitrogens with zero attached hydrogens (tertiary/aromatic N) is 4. The number of carbonyl (C=O) groups excluding carboxylic acids is 1. The number of ether oxygens (including phenoxy) is 1. The van der Waals surface area contributed by atoms with Crippen molar-refractivity contribution in [3.05, 3.63) is 63.6 Å². The van der Waals surface area contributed by atoms with Crippen LogP contribution >= 0.6 is 0 Å². The van der Waals surface area contributed by atoms with Gasteiger partial charge in [-0.25, -0.2) is 14.8 Å². The molecule has 150 valence electrons. The molecule has 3 heterocycles. The Morgan fingerprint density at radius 3 is 2.66 bits per heavy atom. The molecule has 0 aliphatic carbocycles. The van der Waals surface area contributed by atoms with Crippen molar-refractivity contribution in [2.75, 3.05) is 13.1 Å². The third kappa shape index (κ3) is 4.50. The number of fused-ring (bicyclic) bond motifs is 1. The first-order valence-corrected chi connectivity index (χ1v) is 9.54. The van der Waals surface area contributed by atoms with Crippen molar-refractivity contribution in [3.63, 3.8) is 0 Å². The van der Waals surface area contributed by atoms with Crippen molar-refractivity contribution < 1.29 is 9.53 Å². The quantitative estimate of drug-likeness (QED) is 0.688. The van der Waals surface area contributed by atoms with Gasteiger partial charge in [-0.3, -0.25) is 14.6 Å². The maximum absolute atomic E-state index is 12.4. The molecule has 4 rings (SSSR count). The smallest absolute Gasteiger partial charge is 0.328 e. The van der Waals surface area contributed by atoms with Crippen LogP contribution in [0.1, 0.15) is 19.3 Å². The fourth-order valence-electron chi connectivity index (χ4n) is 3.39. The van der Waals surface area contributed by atoms with Gasteiger partial charge in [0.25, 0.3) is 5.56 Å². The third-order valence-electron chi connectivity index (χ3n) is 4.97. The van der Waals surface area contributed by atoms with Crippen molar-refractivity contribution in [2.45, 2.75) is 31.9 Å². The van der Waals surface area contributed by atoms with Crippen LogP contribution in [0, 0.1) is 0 Å². The highest BCUT2D eigenvalue weighted by atomic mass is 16.5. The summed E-state index contributed by atoms with van der Waals surface area (Å²) in [5.74, 6) is 0.470. The second kappa shape index (κ2) is 8.26. The molecular formula is C20H21N5O4. The molecule has 0 atom stereocenters. The number of benzene rings is 1. The fraction of sp³-hybridized carbons (Fsp3) is 0.350. The molecule has 1 amide bonds. The second-order valence-electron chi connectivity index (χ2n) is 6.95. The van der Waals surface area contributed by atoms with Crippen LogP contribution in [-0.4, -0.2) is 49.5 Å². The molecule has 1 aliphatic heterocycles. The van der Waals surface area contributed by atoms with Gasteiger partial charge >= 0.3 is 5.69 Å². The van der Waals surface area contributed by atoms with E-state index in [0.29, 0.717) is 31.8 Å². The summed E-state index contributed by atoms with van der Waals surface area (Å²) in [6, 6.07) is 8.88. The number of rotatable bonds is 5. The van der Waals surface area contributed by atoms with E-state index in [0.717, 1.165) is 11.0 Å². The number of hydrogen-bond acceptors (Lipinski definition) is 6. The van der Waals surface area contributed by atoms with E-state index in [4.69, 9.17) is 4.74 Å². The van der Waals surface area contributed by atoms with Gasteiger partial charge in [-0.2, -0.15) is 0 Å². The van der Waals surface area contributed by atoms with Crippen LogP contribution in [0.2, 0.25) is 0 Å². The third-order valence-corrected chi connectivity index (χ3v) is 4.97. The van der Waals surface area contributed by atoms with Crippen LogP contribution < -0.4 is 16.0 Å². The minimum absolute atomic E-state index is 0.0173. The molecule has 9 nitrogen and oxygen atoms in total. The predicted molar refractivity (Wildman–Crippen MR) is 106 cm³/mol. The SMILES string of the molecule is O=C(CCn1ccc(=O)[nH]c1=O)N1CCC(Oc2cnc3ccccc3n2)CC1. The molecule has 1 N–H and O–H groups in total. The minimum atomic E-state index is -0.506. The van der Waals surface area contributed by atoms with E-state index >= 15 is 0 Å². The molecule has 0 spiro atoms. The number of nitrogens with one attached hydrogen (secondary N) is 1. The number of aromatic nitrogens is 4. The van der Waals surface area contributed by atoms with Gasteiger partial charge in [0.05, 0.1) is 17.2 Å². The van der Waals surface area contributed by atoms with Crippen molar-refractivity contribution in [1.29, 1.82) is 0 Å². The first kappa shape index (κ1) is 18.9. The largest absolute Gasteiger partial charge is 0.473 e. The highest BCUT2D eigenvalue weighted by Crippen LogP contribution is 2.19. The number of hydrogen-bond donors (Lipinski definition) is 1. The Balaban J connectivity index is 1.28. The number of para-hydroxylation sites is 2. The Labute approximate surface area is 166 Å². The summed E-state index contributed by atoms with van der Waals surface area (Å²) < 4.78 is 7.28. The van der Waals surface area contributed by atoms with Crippen LogP contribution in [0.3, 0.4) is 0 Å². The molecule has 0 unspecified atom stereocenters. The van der Waals surface area contributed by atoms with Gasteiger partial charge in [-0.1, -0.05) is 12.1 Å². The Kier molecular flexibility index (Phi) is 5.37. The summed E-state index contributed by atoms with van der Waals surface area (Å²) in [5, 5.41) is 0. The van der Waals surface area contributed by atoms with Gasteiger partial charge < -0.3 is 14.2 Å². The van der Waals surface area contributed by atoms with Gasteiger partial charge in [-0.05, 0) is 12.1 Å². The summed E-state index contributed by atoms with van der Waals surface area (Å²) in [6.07, 6.45) is 4.63. The van der Waals surface area contributed by atoms with Crippen LogP contribution in [0.4, 0.5) is 0 Å². The van der Waals surface area contributed by atoms with Crippen molar-refractivity contribution in [3.8, 4) is 5.88 Å². The minimum Gasteiger partial charge on any atom is -0.473 e. The topological polar surface area (TPSA) is 110 Å². The van der Waals surface area contributed by atoms with E-state index in [2.05, 4.69) is 15.0 Å². The van der Waals surface area contributed by atoms with Crippen LogP contribution in [0.25, 0.3) is 11.0 Å². The van der Waals surface area contributed by atoms with Crippen LogP contribution in [0.5, 0.6) is 5.88 Å². The zero-order chi connectivity index (χ0) is 20.2. The molecule has 0 bridgehead atoms. The number of piperidine rings is 1. The normalized spacial score (nSPS) is 14.8. The molecule has 1 aliphatic rings. The number of aryl methyl sites for hydroxylation is 1. The molecule has 1 saturated heterocycles. The lowest BCUT2D eigenvalue weighted by Gasteiger charge is -2.32. The average molecular weight is 395 g/mol. The lowest BCUT2D eigenvalue weighted by atomic mass is 10.1. The average Bonchev–Trinajstić information content (AvgIpc) is 2.73. The number of amides is 1. The maximum Gasteiger partial charge on any atom is 0.328 e. The molecule has 2 aromatic heterocycles. The van der Waals surface area contributed by atoms with E-state index in [1.54, 1.807) is 11.1 Å². The van der Waals surface area contributed by atoms with E-state index in [9.17, 15) is 14.4 Å². The summed E-state index contributed by atoms with van der Waals surface area (Å²) in [4.78, 5) is 48.0. The Hall–Kier alpha value is -3.49.